The maximum absolute atomic E-state index is 9.93. The number of aliphatic hydroxyl groups is 1. The smallest absolute Gasteiger partial charge is 0.151 e. The summed E-state index contributed by atoms with van der Waals surface area (Å²) in [4.78, 5) is 14.2. The van der Waals surface area contributed by atoms with Gasteiger partial charge in [0.1, 0.15) is 16.9 Å². The number of nitrogens with two attached hydrogens (primary N) is 1. The van der Waals surface area contributed by atoms with Gasteiger partial charge in [-0.25, -0.2) is 19.6 Å². The highest BCUT2D eigenvalue weighted by Gasteiger charge is 2.24. The van der Waals surface area contributed by atoms with E-state index in [1.165, 1.54) is 5.56 Å². The van der Waals surface area contributed by atoms with E-state index >= 15 is 0 Å². The minimum Gasteiger partial charge on any atom is -0.393 e. The van der Waals surface area contributed by atoms with Gasteiger partial charge in [0, 0.05) is 36.1 Å². The second-order valence-electron chi connectivity index (χ2n) is 8.81. The topological polar surface area (TPSA) is 127 Å². The lowest BCUT2D eigenvalue weighted by Crippen LogP contribution is -2.19. The van der Waals surface area contributed by atoms with E-state index in [9.17, 15) is 5.11 Å². The fourth-order valence-electron chi connectivity index (χ4n) is 4.52. The third-order valence-corrected chi connectivity index (χ3v) is 6.35. The average Bonchev–Trinajstić information content (AvgIpc) is 3.49. The number of rotatable bonds is 7. The van der Waals surface area contributed by atoms with Crippen molar-refractivity contribution >= 4 is 22.7 Å². The van der Waals surface area contributed by atoms with Gasteiger partial charge in [-0.15, -0.1) is 0 Å². The Balaban J connectivity index is 1.53. The number of fused-ring (bicyclic) bond motifs is 1. The van der Waals surface area contributed by atoms with Crippen molar-refractivity contribution in [2.24, 2.45) is 0 Å². The second kappa shape index (κ2) is 9.36. The molecule has 1 aliphatic carbocycles. The van der Waals surface area contributed by atoms with Crippen LogP contribution in [-0.4, -0.2) is 49.0 Å². The molecule has 5 N–H and O–H groups in total. The van der Waals surface area contributed by atoms with Gasteiger partial charge < -0.3 is 21.5 Å². The number of hydrogen-bond donors (Lipinski definition) is 4. The normalized spacial score (nSPS) is 18.0. The van der Waals surface area contributed by atoms with Crippen LogP contribution in [0.2, 0.25) is 0 Å². The number of aliphatic hydroxyl groups excluding tert-OH is 1. The third kappa shape index (κ3) is 4.32. The Morgan fingerprint density at radius 2 is 1.94 bits per heavy atom. The Bertz CT molecular complexity index is 1300. The summed E-state index contributed by atoms with van der Waals surface area (Å²) < 4.78 is 1.84. The van der Waals surface area contributed by atoms with E-state index in [2.05, 4.69) is 32.8 Å². The Kier molecular flexibility index (Phi) is 6.12. The summed E-state index contributed by atoms with van der Waals surface area (Å²) >= 11 is 0. The van der Waals surface area contributed by atoms with Crippen molar-refractivity contribution in [3.8, 4) is 16.8 Å². The van der Waals surface area contributed by atoms with E-state index in [1.54, 1.807) is 6.20 Å². The van der Waals surface area contributed by atoms with Crippen molar-refractivity contribution in [3.05, 3.63) is 54.1 Å². The number of pyridine rings is 1. The Morgan fingerprint density at radius 1 is 1.12 bits per heavy atom. The van der Waals surface area contributed by atoms with Crippen molar-refractivity contribution in [3.63, 3.8) is 0 Å². The maximum Gasteiger partial charge on any atom is 0.151 e. The lowest BCUT2D eigenvalue weighted by Gasteiger charge is -2.17. The highest BCUT2D eigenvalue weighted by Crippen LogP contribution is 2.32. The van der Waals surface area contributed by atoms with E-state index in [4.69, 9.17) is 15.7 Å². The summed E-state index contributed by atoms with van der Waals surface area (Å²) in [6.45, 7) is 2.87. The van der Waals surface area contributed by atoms with Crippen molar-refractivity contribution in [1.29, 1.82) is 0 Å². The van der Waals surface area contributed by atoms with Gasteiger partial charge in [-0.2, -0.15) is 5.10 Å². The van der Waals surface area contributed by atoms with Crippen LogP contribution in [0.5, 0.6) is 0 Å². The van der Waals surface area contributed by atoms with Crippen molar-refractivity contribution < 1.29 is 5.11 Å². The van der Waals surface area contributed by atoms with Crippen molar-refractivity contribution in [2.45, 2.75) is 51.3 Å². The minimum absolute atomic E-state index is 0.184. The van der Waals surface area contributed by atoms with Crippen molar-refractivity contribution in [2.75, 3.05) is 18.1 Å². The highest BCUT2D eigenvalue weighted by atomic mass is 16.3. The average molecular weight is 459 g/mol. The Hall–Kier alpha value is -3.56. The van der Waals surface area contributed by atoms with Crippen LogP contribution in [0, 0.1) is 0 Å². The van der Waals surface area contributed by atoms with Crippen LogP contribution in [-0.2, 0) is 13.0 Å². The summed E-state index contributed by atoms with van der Waals surface area (Å²) in [5, 5.41) is 21.2. The van der Waals surface area contributed by atoms with Crippen LogP contribution in [0.25, 0.3) is 27.8 Å². The summed E-state index contributed by atoms with van der Waals surface area (Å²) in [5.74, 6) is 1.10. The number of nitrogen functional groups attached to an aromatic ring is 1. The van der Waals surface area contributed by atoms with Crippen LogP contribution >= 0.6 is 0 Å². The van der Waals surface area contributed by atoms with E-state index < -0.39 is 0 Å². The number of nitrogens with one attached hydrogen (secondary N) is 2. The minimum atomic E-state index is -0.260. The first-order chi connectivity index (χ1) is 16.6. The Labute approximate surface area is 198 Å². The third-order valence-electron chi connectivity index (χ3n) is 6.35. The van der Waals surface area contributed by atoms with Gasteiger partial charge in [0.25, 0.3) is 0 Å². The number of nitrogens with zero attached hydrogens (tertiary/aromatic N) is 5. The van der Waals surface area contributed by atoms with Crippen LogP contribution in [0.1, 0.15) is 37.4 Å². The van der Waals surface area contributed by atoms with E-state index in [1.807, 2.05) is 43.2 Å². The number of aryl methyl sites for hydroxylation is 1. The molecule has 0 aliphatic heterocycles. The molecule has 9 nitrogen and oxygen atoms in total. The second-order valence-corrected chi connectivity index (χ2v) is 8.81. The lowest BCUT2D eigenvalue weighted by molar-refractivity contribution is 0.182. The van der Waals surface area contributed by atoms with Gasteiger partial charge >= 0.3 is 0 Å². The number of benzene rings is 1. The quantitative estimate of drug-likeness (QED) is 0.333. The molecule has 0 amide bonds. The molecule has 1 saturated carbocycles. The van der Waals surface area contributed by atoms with Crippen LogP contribution in [0.3, 0.4) is 0 Å². The first kappa shape index (κ1) is 22.2. The zero-order valence-corrected chi connectivity index (χ0v) is 19.5. The number of hydrogen-bond acceptors (Lipinski definition) is 8. The predicted molar refractivity (Wildman–Crippen MR) is 134 cm³/mol. The maximum atomic E-state index is 9.93. The predicted octanol–water partition coefficient (Wildman–Crippen LogP) is 3.07. The zero-order valence-electron chi connectivity index (χ0n) is 19.5. The van der Waals surface area contributed by atoms with Crippen LogP contribution in [0.15, 0.2) is 42.9 Å². The fraction of sp³-hybridized carbons (Fsp3) is 0.360. The number of anilines is 2. The van der Waals surface area contributed by atoms with Crippen LogP contribution in [0.4, 0.5) is 11.6 Å². The summed E-state index contributed by atoms with van der Waals surface area (Å²) in [5.41, 5.74) is 12.2. The highest BCUT2D eigenvalue weighted by molar-refractivity contribution is 5.96. The summed E-state index contributed by atoms with van der Waals surface area (Å²) in [6, 6.07) is 8.46. The molecule has 1 aliphatic rings. The van der Waals surface area contributed by atoms with Gasteiger partial charge in [0.2, 0.25) is 0 Å². The summed E-state index contributed by atoms with van der Waals surface area (Å²) in [7, 11) is 1.93. The molecule has 34 heavy (non-hydrogen) atoms. The number of aromatic nitrogens is 5. The van der Waals surface area contributed by atoms with Crippen LogP contribution < -0.4 is 16.4 Å². The molecule has 1 fully saturated rings. The van der Waals surface area contributed by atoms with Gasteiger partial charge in [0.05, 0.1) is 23.7 Å². The standard InChI is InChI=1S/C25H30N8O/c1-3-21-25(30-17-6-9-19(34)10-17)32-22-20(13-28-24(26)23(22)31-21)16-12-29-33(14-16)18-7-4-15(5-8-18)11-27-2/h4-5,7-8,12-14,17,19,27,34H,3,6,9-11H2,1-2H3,(H2,26,28)(H,30,32)/t17-,19+/m1/s1. The molecule has 4 aromatic rings. The van der Waals surface area contributed by atoms with Crippen molar-refractivity contribution in [1.82, 2.24) is 30.0 Å². The SMILES string of the molecule is CCc1nc2c(N)ncc(-c3cnn(-c4ccc(CNC)cc4)c3)c2nc1N[C@@H]1CC[C@H](O)C1. The Morgan fingerprint density at radius 3 is 2.65 bits per heavy atom. The molecule has 0 bridgehead atoms. The van der Waals surface area contributed by atoms with E-state index in [0.717, 1.165) is 47.7 Å². The molecule has 2 atom stereocenters. The first-order valence-corrected chi connectivity index (χ1v) is 11.7. The fourth-order valence-corrected chi connectivity index (χ4v) is 4.52. The molecular weight excluding hydrogens is 428 g/mol. The molecule has 176 valence electrons. The zero-order chi connectivity index (χ0) is 23.7. The van der Waals surface area contributed by atoms with Gasteiger partial charge in [0.15, 0.2) is 5.82 Å². The molecule has 9 heteroatoms. The monoisotopic (exact) mass is 458 g/mol. The molecular formula is C25H30N8O. The molecule has 1 aromatic carbocycles. The molecule has 3 aromatic heterocycles. The van der Waals surface area contributed by atoms with Gasteiger partial charge in [-0.3, -0.25) is 0 Å². The van der Waals surface area contributed by atoms with Gasteiger partial charge in [-0.05, 0) is 50.4 Å². The van der Waals surface area contributed by atoms with E-state index in [0.29, 0.717) is 29.7 Å². The molecule has 0 radical (unpaired) electrons. The molecule has 5 rings (SSSR count). The summed E-state index contributed by atoms with van der Waals surface area (Å²) in [6.07, 6.45) is 8.40. The molecule has 0 saturated heterocycles. The van der Waals surface area contributed by atoms with Gasteiger partial charge in [-0.1, -0.05) is 19.1 Å². The molecule has 0 unspecified atom stereocenters. The lowest BCUT2D eigenvalue weighted by atomic mass is 10.1. The molecule has 3 heterocycles. The largest absolute Gasteiger partial charge is 0.393 e. The van der Waals surface area contributed by atoms with E-state index in [-0.39, 0.29) is 12.1 Å². The first-order valence-electron chi connectivity index (χ1n) is 11.7. The molecule has 0 spiro atoms.